The second-order valence-electron chi connectivity index (χ2n) is 9.25. The second kappa shape index (κ2) is 8.62. The molecule has 4 rings (SSSR count). The van der Waals surface area contributed by atoms with Crippen LogP contribution in [-0.2, 0) is 9.59 Å². The Hall–Kier alpha value is -0.920. The van der Waals surface area contributed by atoms with Crippen LogP contribution in [0.3, 0.4) is 0 Å². The summed E-state index contributed by atoms with van der Waals surface area (Å²) in [5, 5.41) is 0. The number of allylic oxidation sites excluding steroid dienone is 1. The van der Waals surface area contributed by atoms with E-state index >= 15 is 0 Å². The summed E-state index contributed by atoms with van der Waals surface area (Å²) >= 11 is 0. The molecular formula is C25H46O2. The third kappa shape index (κ3) is 3.58. The lowest BCUT2D eigenvalue weighted by atomic mass is 9.47. The topological polar surface area (TPSA) is 34.1 Å². The molecule has 0 heterocycles. The monoisotopic (exact) mass is 378 g/mol. The molecule has 2 nitrogen and oxygen atoms in total. The summed E-state index contributed by atoms with van der Waals surface area (Å²) < 4.78 is 0. The Kier molecular flexibility index (Phi) is 8.32. The number of fused-ring (bicyclic) bond motifs is 5. The first-order valence-electron chi connectivity index (χ1n) is 9.60. The highest BCUT2D eigenvalue weighted by Gasteiger charge is 2.59. The van der Waals surface area contributed by atoms with Crippen molar-refractivity contribution in [3.8, 4) is 0 Å². The van der Waals surface area contributed by atoms with E-state index in [9.17, 15) is 9.59 Å². The van der Waals surface area contributed by atoms with Gasteiger partial charge in [-0.1, -0.05) is 49.1 Å². The van der Waals surface area contributed by atoms with Crippen LogP contribution in [0.25, 0.3) is 0 Å². The largest absolute Gasteiger partial charge is 0.300 e. The van der Waals surface area contributed by atoms with Crippen LogP contribution in [0.2, 0.25) is 0 Å². The number of ketones is 2. The summed E-state index contributed by atoms with van der Waals surface area (Å²) in [7, 11) is 0. The van der Waals surface area contributed by atoms with Gasteiger partial charge in [0.05, 0.1) is 0 Å². The maximum atomic E-state index is 12.1. The van der Waals surface area contributed by atoms with Gasteiger partial charge < -0.3 is 0 Å². The number of Topliss-reactive ketones (excluding diaryl/α,β-unsaturated/α-hetero) is 1. The van der Waals surface area contributed by atoms with Gasteiger partial charge in [-0.3, -0.25) is 9.59 Å². The van der Waals surface area contributed by atoms with Crippen molar-refractivity contribution in [2.45, 2.75) is 102 Å². The average Bonchev–Trinajstić information content (AvgIpc) is 2.85. The zero-order chi connectivity index (χ0) is 16.4. The summed E-state index contributed by atoms with van der Waals surface area (Å²) in [5.74, 6) is 3.29. The number of hydrogen-bond donors (Lipinski definition) is 0. The fourth-order valence-electron chi connectivity index (χ4n) is 7.23. The van der Waals surface area contributed by atoms with Gasteiger partial charge in [0, 0.05) is 12.3 Å². The van der Waals surface area contributed by atoms with Gasteiger partial charge in [0.25, 0.3) is 0 Å². The smallest absolute Gasteiger partial charge is 0.155 e. The van der Waals surface area contributed by atoms with Crippen molar-refractivity contribution < 1.29 is 9.59 Å². The van der Waals surface area contributed by atoms with Crippen LogP contribution in [0.4, 0.5) is 0 Å². The molecular weight excluding hydrogens is 332 g/mol. The minimum atomic E-state index is 0. The van der Waals surface area contributed by atoms with E-state index in [4.69, 9.17) is 0 Å². The first-order valence-corrected chi connectivity index (χ1v) is 9.60. The number of rotatable bonds is 1. The fourth-order valence-corrected chi connectivity index (χ4v) is 7.23. The predicted molar refractivity (Wildman–Crippen MR) is 118 cm³/mol. The Balaban J connectivity index is 0.00000169. The molecule has 3 saturated carbocycles. The molecule has 0 radical (unpaired) electrons. The highest BCUT2D eigenvalue weighted by Crippen LogP contribution is 2.66. The molecule has 2 heteroatoms. The van der Waals surface area contributed by atoms with Gasteiger partial charge in [-0.2, -0.15) is 0 Å². The molecule has 0 aromatic carbocycles. The lowest BCUT2D eigenvalue weighted by Crippen LogP contribution is -2.51. The van der Waals surface area contributed by atoms with Crippen LogP contribution >= 0.6 is 0 Å². The van der Waals surface area contributed by atoms with Crippen molar-refractivity contribution in [3.05, 3.63) is 11.6 Å². The van der Waals surface area contributed by atoms with Crippen molar-refractivity contribution in [1.29, 1.82) is 0 Å². The van der Waals surface area contributed by atoms with Gasteiger partial charge in [-0.15, -0.1) is 0 Å². The fraction of sp³-hybridized carbons (Fsp3) is 0.840. The minimum absolute atomic E-state index is 0. The minimum Gasteiger partial charge on any atom is -0.300 e. The summed E-state index contributed by atoms with van der Waals surface area (Å²) in [6, 6.07) is 0. The Morgan fingerprint density at radius 1 is 0.926 bits per heavy atom. The molecule has 0 amide bonds. The van der Waals surface area contributed by atoms with E-state index in [0.717, 1.165) is 43.4 Å². The predicted octanol–water partition coefficient (Wildman–Crippen LogP) is 7.27. The average molecular weight is 379 g/mol. The van der Waals surface area contributed by atoms with Crippen LogP contribution < -0.4 is 0 Å². The van der Waals surface area contributed by atoms with Crippen LogP contribution in [0.5, 0.6) is 0 Å². The molecule has 4 aliphatic carbocycles. The van der Waals surface area contributed by atoms with Gasteiger partial charge in [0.2, 0.25) is 0 Å². The molecule has 27 heavy (non-hydrogen) atoms. The van der Waals surface area contributed by atoms with Crippen molar-refractivity contribution in [2.24, 2.45) is 34.5 Å². The third-order valence-corrected chi connectivity index (χ3v) is 8.45. The Labute approximate surface area is 169 Å². The molecule has 0 bridgehead atoms. The summed E-state index contributed by atoms with van der Waals surface area (Å²) in [5.41, 5.74) is 1.95. The quantitative estimate of drug-likeness (QED) is 0.481. The Morgan fingerprint density at radius 3 is 2.22 bits per heavy atom. The lowest BCUT2D eigenvalue weighted by Gasteiger charge is -2.58. The zero-order valence-corrected chi connectivity index (χ0v) is 14.9. The normalized spacial score (nSPS) is 41.7. The molecule has 0 saturated heterocycles. The molecule has 0 aromatic rings. The van der Waals surface area contributed by atoms with Gasteiger partial charge in [0.15, 0.2) is 5.78 Å². The maximum Gasteiger partial charge on any atom is 0.155 e. The highest BCUT2D eigenvalue weighted by molar-refractivity contribution is 5.91. The molecule has 1 unspecified atom stereocenters. The molecule has 0 N–H and O–H groups in total. The molecule has 0 aromatic heterocycles. The Bertz CT molecular complexity index is 589. The summed E-state index contributed by atoms with van der Waals surface area (Å²) in [6.07, 6.45) is 10.9. The molecule has 3 fully saturated rings. The SMILES string of the molecule is C.C.C.C.CC(=O)[C@H]1CCC2[C@@H]3CCC4=CC(=O)CC[C@]4(C)[C@H]3CC[C@@]21C. The molecule has 0 spiro atoms. The number of hydrogen-bond acceptors (Lipinski definition) is 2. The van der Waals surface area contributed by atoms with Gasteiger partial charge in [-0.25, -0.2) is 0 Å². The van der Waals surface area contributed by atoms with E-state index in [-0.39, 0.29) is 40.5 Å². The first kappa shape index (κ1) is 26.1. The van der Waals surface area contributed by atoms with E-state index in [0.29, 0.717) is 17.5 Å². The zero-order valence-electron chi connectivity index (χ0n) is 14.9. The van der Waals surface area contributed by atoms with Gasteiger partial charge in [-0.05, 0) is 86.5 Å². The van der Waals surface area contributed by atoms with E-state index in [1.54, 1.807) is 6.92 Å². The van der Waals surface area contributed by atoms with Crippen LogP contribution in [0.15, 0.2) is 11.6 Å². The summed E-state index contributed by atoms with van der Waals surface area (Å²) in [4.78, 5) is 24.0. The van der Waals surface area contributed by atoms with E-state index in [1.165, 1.54) is 31.3 Å². The standard InChI is InChI=1S/C21H30O2.4CH4/c1-13(22)17-6-7-18-16-5-4-14-12-15(23)8-10-20(14,2)19(16)9-11-21(17,18)3;;;;/h12,16-19H,4-11H2,1-3H3;4*1H4/t16-,17+,18?,19-,20-,21+;;;;/m0..../s1. The molecule has 158 valence electrons. The Morgan fingerprint density at radius 2 is 1.59 bits per heavy atom. The molecule has 4 aliphatic rings. The van der Waals surface area contributed by atoms with Crippen molar-refractivity contribution >= 4 is 11.6 Å². The van der Waals surface area contributed by atoms with Crippen molar-refractivity contribution in [3.63, 3.8) is 0 Å². The maximum absolute atomic E-state index is 12.1. The number of carbonyl (C=O) groups excluding carboxylic acids is 2. The lowest BCUT2D eigenvalue weighted by molar-refractivity contribution is -0.128. The second-order valence-corrected chi connectivity index (χ2v) is 9.25. The van der Waals surface area contributed by atoms with Crippen molar-refractivity contribution in [1.82, 2.24) is 0 Å². The highest BCUT2D eigenvalue weighted by atomic mass is 16.1. The van der Waals surface area contributed by atoms with E-state index in [1.807, 2.05) is 6.08 Å². The molecule has 6 atom stereocenters. The van der Waals surface area contributed by atoms with Crippen molar-refractivity contribution in [2.75, 3.05) is 0 Å². The summed E-state index contributed by atoms with van der Waals surface area (Å²) in [6.45, 7) is 6.65. The van der Waals surface area contributed by atoms with Gasteiger partial charge in [0.1, 0.15) is 5.78 Å². The van der Waals surface area contributed by atoms with Crippen LogP contribution in [0.1, 0.15) is 102 Å². The third-order valence-electron chi connectivity index (χ3n) is 8.45. The first-order chi connectivity index (χ1) is 10.9. The van der Waals surface area contributed by atoms with E-state index in [2.05, 4.69) is 13.8 Å². The molecule has 0 aliphatic heterocycles. The van der Waals surface area contributed by atoms with Crippen LogP contribution in [-0.4, -0.2) is 11.6 Å². The number of carbonyl (C=O) groups is 2. The van der Waals surface area contributed by atoms with E-state index < -0.39 is 0 Å². The van der Waals surface area contributed by atoms with Crippen LogP contribution in [0, 0.1) is 34.5 Å². The van der Waals surface area contributed by atoms with Gasteiger partial charge >= 0.3 is 0 Å².